The molecule has 3 heteroatoms. The van der Waals surface area contributed by atoms with E-state index in [2.05, 4.69) is 26.1 Å². The van der Waals surface area contributed by atoms with Crippen molar-refractivity contribution in [1.82, 2.24) is 5.32 Å². The third kappa shape index (κ3) is 7.82. The number of carbonyl (C=O) groups is 1. The predicted molar refractivity (Wildman–Crippen MR) is 82.8 cm³/mol. The van der Waals surface area contributed by atoms with Crippen LogP contribution in [0.4, 0.5) is 0 Å². The van der Waals surface area contributed by atoms with E-state index in [0.717, 1.165) is 25.0 Å². The minimum Gasteiger partial charge on any atom is -0.494 e. The summed E-state index contributed by atoms with van der Waals surface area (Å²) in [6.45, 7) is 7.06. The van der Waals surface area contributed by atoms with Crippen LogP contribution in [0, 0.1) is 5.92 Å². The van der Waals surface area contributed by atoms with Crippen molar-refractivity contribution in [1.29, 1.82) is 0 Å². The number of carbonyl (C=O) groups excluding carboxylic acids is 1. The van der Waals surface area contributed by atoms with Gasteiger partial charge in [0, 0.05) is 12.5 Å². The quantitative estimate of drug-likeness (QED) is 0.697. The number of hydrogen-bond acceptors (Lipinski definition) is 2. The van der Waals surface area contributed by atoms with Crippen LogP contribution in [0.15, 0.2) is 30.3 Å². The third-order valence-electron chi connectivity index (χ3n) is 3.14. The van der Waals surface area contributed by atoms with Crippen molar-refractivity contribution < 1.29 is 9.53 Å². The first-order valence-electron chi connectivity index (χ1n) is 7.55. The van der Waals surface area contributed by atoms with Crippen molar-refractivity contribution in [3.05, 3.63) is 30.3 Å². The summed E-state index contributed by atoms with van der Waals surface area (Å²) in [4.78, 5) is 11.7. The molecule has 1 unspecified atom stereocenters. The lowest BCUT2D eigenvalue weighted by atomic mass is 10.0. The molecule has 0 spiro atoms. The van der Waals surface area contributed by atoms with Gasteiger partial charge < -0.3 is 10.1 Å². The number of nitrogens with one attached hydrogen (secondary N) is 1. The summed E-state index contributed by atoms with van der Waals surface area (Å²) in [5.41, 5.74) is 0. The average molecular weight is 277 g/mol. The van der Waals surface area contributed by atoms with Crippen molar-refractivity contribution in [3.63, 3.8) is 0 Å². The monoisotopic (exact) mass is 277 g/mol. The smallest absolute Gasteiger partial charge is 0.220 e. The van der Waals surface area contributed by atoms with Crippen molar-refractivity contribution >= 4 is 5.91 Å². The van der Waals surface area contributed by atoms with Crippen LogP contribution in [-0.2, 0) is 4.79 Å². The SMILES string of the molecule is CC(C)CCC(C)NC(=O)CCCOc1ccccc1. The molecule has 3 nitrogen and oxygen atoms in total. The van der Waals surface area contributed by atoms with Gasteiger partial charge in [-0.15, -0.1) is 0 Å². The minimum absolute atomic E-state index is 0.123. The largest absolute Gasteiger partial charge is 0.494 e. The summed E-state index contributed by atoms with van der Waals surface area (Å²) in [5.74, 6) is 1.67. The van der Waals surface area contributed by atoms with E-state index in [4.69, 9.17) is 4.74 Å². The first kappa shape index (κ1) is 16.5. The maximum Gasteiger partial charge on any atom is 0.220 e. The van der Waals surface area contributed by atoms with E-state index in [1.165, 1.54) is 0 Å². The molecule has 1 aromatic carbocycles. The normalized spacial score (nSPS) is 12.2. The molecule has 1 amide bonds. The Balaban J connectivity index is 2.08. The van der Waals surface area contributed by atoms with E-state index in [9.17, 15) is 4.79 Å². The molecule has 0 bridgehead atoms. The maximum absolute atomic E-state index is 11.7. The van der Waals surface area contributed by atoms with Gasteiger partial charge in [-0.3, -0.25) is 4.79 Å². The summed E-state index contributed by atoms with van der Waals surface area (Å²) in [7, 11) is 0. The number of para-hydroxylation sites is 1. The first-order chi connectivity index (χ1) is 9.58. The van der Waals surface area contributed by atoms with Gasteiger partial charge in [0.2, 0.25) is 5.91 Å². The molecular weight excluding hydrogens is 250 g/mol. The molecule has 0 aromatic heterocycles. The lowest BCUT2D eigenvalue weighted by Gasteiger charge is -2.15. The Morgan fingerprint density at radius 1 is 1.15 bits per heavy atom. The van der Waals surface area contributed by atoms with Crippen molar-refractivity contribution in [2.45, 2.75) is 52.5 Å². The van der Waals surface area contributed by atoms with E-state index >= 15 is 0 Å². The molecule has 0 aliphatic heterocycles. The Morgan fingerprint density at radius 2 is 1.85 bits per heavy atom. The highest BCUT2D eigenvalue weighted by Crippen LogP contribution is 2.09. The molecule has 1 rings (SSSR count). The molecule has 0 heterocycles. The standard InChI is InChI=1S/C17H27NO2/c1-14(2)11-12-15(3)18-17(19)10-7-13-20-16-8-5-4-6-9-16/h4-6,8-9,14-15H,7,10-13H2,1-3H3,(H,18,19). The van der Waals surface area contributed by atoms with E-state index in [0.29, 0.717) is 18.9 Å². The van der Waals surface area contributed by atoms with Crippen molar-refractivity contribution in [3.8, 4) is 5.75 Å². The number of benzene rings is 1. The van der Waals surface area contributed by atoms with Crippen LogP contribution < -0.4 is 10.1 Å². The van der Waals surface area contributed by atoms with Gasteiger partial charge in [-0.2, -0.15) is 0 Å². The molecule has 112 valence electrons. The van der Waals surface area contributed by atoms with Crippen LogP contribution in [0.1, 0.15) is 46.5 Å². The second-order valence-electron chi connectivity index (χ2n) is 5.70. The fraction of sp³-hybridized carbons (Fsp3) is 0.588. The zero-order valence-electron chi connectivity index (χ0n) is 12.9. The lowest BCUT2D eigenvalue weighted by molar-refractivity contribution is -0.121. The van der Waals surface area contributed by atoms with Gasteiger partial charge in [-0.25, -0.2) is 0 Å². The van der Waals surface area contributed by atoms with E-state index < -0.39 is 0 Å². The van der Waals surface area contributed by atoms with Crippen LogP contribution in [0.3, 0.4) is 0 Å². The lowest BCUT2D eigenvalue weighted by Crippen LogP contribution is -2.32. The molecule has 0 aliphatic rings. The van der Waals surface area contributed by atoms with E-state index in [-0.39, 0.29) is 11.9 Å². The van der Waals surface area contributed by atoms with Gasteiger partial charge in [-0.1, -0.05) is 32.0 Å². The molecule has 0 saturated heterocycles. The third-order valence-corrected chi connectivity index (χ3v) is 3.14. The van der Waals surface area contributed by atoms with Crippen LogP contribution in [-0.4, -0.2) is 18.6 Å². The van der Waals surface area contributed by atoms with Crippen molar-refractivity contribution in [2.24, 2.45) is 5.92 Å². The number of amides is 1. The van der Waals surface area contributed by atoms with Gasteiger partial charge in [0.1, 0.15) is 5.75 Å². The Labute approximate surface area is 122 Å². The molecule has 0 fully saturated rings. The second-order valence-corrected chi connectivity index (χ2v) is 5.70. The summed E-state index contributed by atoms with van der Waals surface area (Å²) in [6.07, 6.45) is 3.47. The molecule has 0 radical (unpaired) electrons. The van der Waals surface area contributed by atoms with Gasteiger partial charge >= 0.3 is 0 Å². The van der Waals surface area contributed by atoms with Crippen LogP contribution in [0.5, 0.6) is 5.75 Å². The first-order valence-corrected chi connectivity index (χ1v) is 7.55. The minimum atomic E-state index is 0.123. The zero-order chi connectivity index (χ0) is 14.8. The number of ether oxygens (including phenoxy) is 1. The fourth-order valence-electron chi connectivity index (χ4n) is 1.94. The Kier molecular flexibility index (Phi) is 7.78. The van der Waals surface area contributed by atoms with E-state index in [1.54, 1.807) is 0 Å². The summed E-state index contributed by atoms with van der Waals surface area (Å²) >= 11 is 0. The number of rotatable bonds is 9. The van der Waals surface area contributed by atoms with Gasteiger partial charge in [0.05, 0.1) is 6.61 Å². The topological polar surface area (TPSA) is 38.3 Å². The van der Waals surface area contributed by atoms with Crippen LogP contribution in [0.25, 0.3) is 0 Å². The van der Waals surface area contributed by atoms with Crippen LogP contribution in [0.2, 0.25) is 0 Å². The highest BCUT2D eigenvalue weighted by Gasteiger charge is 2.08. The Bertz CT molecular complexity index is 376. The Hall–Kier alpha value is -1.51. The molecule has 20 heavy (non-hydrogen) atoms. The zero-order valence-corrected chi connectivity index (χ0v) is 12.9. The molecule has 1 N–H and O–H groups in total. The molecule has 0 aliphatic carbocycles. The molecule has 1 atom stereocenters. The highest BCUT2D eigenvalue weighted by molar-refractivity contribution is 5.76. The summed E-state index contributed by atoms with van der Waals surface area (Å²) in [6, 6.07) is 9.96. The molecule has 0 saturated carbocycles. The number of hydrogen-bond donors (Lipinski definition) is 1. The molecular formula is C17H27NO2. The van der Waals surface area contributed by atoms with Crippen molar-refractivity contribution in [2.75, 3.05) is 6.61 Å². The maximum atomic E-state index is 11.7. The Morgan fingerprint density at radius 3 is 2.50 bits per heavy atom. The fourth-order valence-corrected chi connectivity index (χ4v) is 1.94. The average Bonchev–Trinajstić information content (AvgIpc) is 2.42. The van der Waals surface area contributed by atoms with Gasteiger partial charge in [-0.05, 0) is 44.2 Å². The predicted octanol–water partition coefficient (Wildman–Crippen LogP) is 3.79. The summed E-state index contributed by atoms with van der Waals surface area (Å²) in [5, 5.41) is 3.04. The molecule has 1 aromatic rings. The van der Waals surface area contributed by atoms with E-state index in [1.807, 2.05) is 30.3 Å². The highest BCUT2D eigenvalue weighted by atomic mass is 16.5. The van der Waals surface area contributed by atoms with Gasteiger partial charge in [0.25, 0.3) is 0 Å². The second kappa shape index (κ2) is 9.40. The summed E-state index contributed by atoms with van der Waals surface area (Å²) < 4.78 is 5.56. The van der Waals surface area contributed by atoms with Gasteiger partial charge in [0.15, 0.2) is 0 Å². The van der Waals surface area contributed by atoms with Crippen LogP contribution >= 0.6 is 0 Å².